The molecule has 0 atom stereocenters. The van der Waals surface area contributed by atoms with Crippen LogP contribution in [0.5, 0.6) is 0 Å². The van der Waals surface area contributed by atoms with Gasteiger partial charge in [0, 0.05) is 23.4 Å². The van der Waals surface area contributed by atoms with E-state index >= 15 is 0 Å². The van der Waals surface area contributed by atoms with Gasteiger partial charge in [0.1, 0.15) is 0 Å². The average molecular weight is 231 g/mol. The minimum atomic E-state index is 0.111. The van der Waals surface area contributed by atoms with Crippen molar-refractivity contribution in [3.63, 3.8) is 0 Å². The molecule has 0 aliphatic rings. The summed E-state index contributed by atoms with van der Waals surface area (Å²) in [5, 5.41) is 8.99. The molecule has 2 aromatic rings. The number of rotatable bonds is 4. The Balaban J connectivity index is 2.49. The van der Waals surface area contributed by atoms with Gasteiger partial charge in [0.15, 0.2) is 0 Å². The second kappa shape index (κ2) is 5.06. The number of benzene rings is 1. The Kier molecular flexibility index (Phi) is 3.49. The third-order valence-corrected chi connectivity index (χ3v) is 2.99. The summed E-state index contributed by atoms with van der Waals surface area (Å²) < 4.78 is 5.24. The molecule has 1 aromatic carbocycles. The highest BCUT2D eigenvalue weighted by molar-refractivity contribution is 5.79. The molecule has 0 aliphatic heterocycles. The number of nitrogens with two attached hydrogens (primary N) is 1. The highest BCUT2D eigenvalue weighted by atomic mass is 16.3. The molecule has 0 spiro atoms. The number of furan rings is 1. The standard InChI is InChI=1S/C14H17NO2/c1-2-10-8-17-9-13(10)12-5-3-4-11(6-7-16)14(12)15/h3-5,8-9,16H,2,6-7,15H2,1H3. The van der Waals surface area contributed by atoms with E-state index in [0.717, 1.165) is 34.4 Å². The first-order valence-electron chi connectivity index (χ1n) is 5.81. The van der Waals surface area contributed by atoms with Gasteiger partial charge in [0.25, 0.3) is 0 Å². The lowest BCUT2D eigenvalue weighted by atomic mass is 9.97. The van der Waals surface area contributed by atoms with Crippen molar-refractivity contribution in [1.29, 1.82) is 0 Å². The molecule has 1 aromatic heterocycles. The Morgan fingerprint density at radius 3 is 2.71 bits per heavy atom. The van der Waals surface area contributed by atoms with E-state index < -0.39 is 0 Å². The molecule has 0 bridgehead atoms. The fourth-order valence-corrected chi connectivity index (χ4v) is 2.02. The van der Waals surface area contributed by atoms with Crippen LogP contribution >= 0.6 is 0 Å². The molecule has 0 unspecified atom stereocenters. The monoisotopic (exact) mass is 231 g/mol. The topological polar surface area (TPSA) is 59.4 Å². The Morgan fingerprint density at radius 2 is 2.00 bits per heavy atom. The Hall–Kier alpha value is -1.74. The predicted molar refractivity (Wildman–Crippen MR) is 68.7 cm³/mol. The molecule has 0 saturated carbocycles. The first kappa shape index (κ1) is 11.7. The van der Waals surface area contributed by atoms with Crippen LogP contribution in [0.25, 0.3) is 11.1 Å². The van der Waals surface area contributed by atoms with Crippen molar-refractivity contribution in [2.24, 2.45) is 0 Å². The van der Waals surface area contributed by atoms with Crippen molar-refractivity contribution < 1.29 is 9.52 Å². The maximum absolute atomic E-state index is 8.99. The van der Waals surface area contributed by atoms with Gasteiger partial charge in [-0.2, -0.15) is 0 Å². The van der Waals surface area contributed by atoms with E-state index in [1.165, 1.54) is 0 Å². The summed E-state index contributed by atoms with van der Waals surface area (Å²) in [4.78, 5) is 0. The van der Waals surface area contributed by atoms with Gasteiger partial charge in [-0.3, -0.25) is 0 Å². The highest BCUT2D eigenvalue weighted by Crippen LogP contribution is 2.32. The Bertz CT molecular complexity index is 503. The fourth-order valence-electron chi connectivity index (χ4n) is 2.02. The number of hydrogen-bond acceptors (Lipinski definition) is 3. The third-order valence-electron chi connectivity index (χ3n) is 2.99. The van der Waals surface area contributed by atoms with Gasteiger partial charge in [0.05, 0.1) is 12.5 Å². The van der Waals surface area contributed by atoms with Crippen LogP contribution in [0.3, 0.4) is 0 Å². The maximum Gasteiger partial charge on any atom is 0.0984 e. The van der Waals surface area contributed by atoms with Crippen LogP contribution in [-0.2, 0) is 12.8 Å². The van der Waals surface area contributed by atoms with Crippen molar-refractivity contribution in [2.75, 3.05) is 12.3 Å². The average Bonchev–Trinajstić information content (AvgIpc) is 2.80. The molecule has 1 heterocycles. The number of aryl methyl sites for hydroxylation is 1. The normalized spacial score (nSPS) is 10.7. The van der Waals surface area contributed by atoms with Crippen molar-refractivity contribution in [3.05, 3.63) is 41.9 Å². The zero-order valence-electron chi connectivity index (χ0n) is 9.94. The van der Waals surface area contributed by atoms with E-state index in [-0.39, 0.29) is 6.61 Å². The van der Waals surface area contributed by atoms with Gasteiger partial charge in [-0.1, -0.05) is 25.1 Å². The van der Waals surface area contributed by atoms with Crippen LogP contribution in [0.1, 0.15) is 18.1 Å². The first-order valence-corrected chi connectivity index (χ1v) is 5.81. The quantitative estimate of drug-likeness (QED) is 0.795. The van der Waals surface area contributed by atoms with Crippen molar-refractivity contribution >= 4 is 5.69 Å². The van der Waals surface area contributed by atoms with Crippen LogP contribution in [0.2, 0.25) is 0 Å². The van der Waals surface area contributed by atoms with E-state index in [0.29, 0.717) is 6.42 Å². The second-order valence-electron chi connectivity index (χ2n) is 4.02. The van der Waals surface area contributed by atoms with Gasteiger partial charge in [-0.15, -0.1) is 0 Å². The van der Waals surface area contributed by atoms with Gasteiger partial charge in [-0.05, 0) is 24.0 Å². The zero-order valence-corrected chi connectivity index (χ0v) is 9.94. The molecule has 2 rings (SSSR count). The van der Waals surface area contributed by atoms with Crippen LogP contribution < -0.4 is 5.73 Å². The summed E-state index contributed by atoms with van der Waals surface area (Å²) in [5.41, 5.74) is 11.0. The molecule has 17 heavy (non-hydrogen) atoms. The number of aliphatic hydroxyl groups excluding tert-OH is 1. The van der Waals surface area contributed by atoms with Crippen molar-refractivity contribution in [2.45, 2.75) is 19.8 Å². The van der Waals surface area contributed by atoms with Crippen LogP contribution in [0, 0.1) is 0 Å². The molecule has 3 nitrogen and oxygen atoms in total. The van der Waals surface area contributed by atoms with E-state index in [2.05, 4.69) is 6.92 Å². The molecule has 0 fully saturated rings. The fraction of sp³-hybridized carbons (Fsp3) is 0.286. The summed E-state index contributed by atoms with van der Waals surface area (Å²) in [7, 11) is 0. The van der Waals surface area contributed by atoms with Gasteiger partial charge in [-0.25, -0.2) is 0 Å². The minimum absolute atomic E-state index is 0.111. The van der Waals surface area contributed by atoms with Crippen molar-refractivity contribution in [3.8, 4) is 11.1 Å². The minimum Gasteiger partial charge on any atom is -0.472 e. The van der Waals surface area contributed by atoms with Crippen LogP contribution in [0.15, 0.2) is 35.1 Å². The summed E-state index contributed by atoms with van der Waals surface area (Å²) in [5.74, 6) is 0. The Labute approximate surface area is 101 Å². The first-order chi connectivity index (χ1) is 8.27. The lowest BCUT2D eigenvalue weighted by Crippen LogP contribution is -2.00. The lowest BCUT2D eigenvalue weighted by Gasteiger charge is -2.10. The van der Waals surface area contributed by atoms with E-state index in [9.17, 15) is 0 Å². The van der Waals surface area contributed by atoms with Gasteiger partial charge in [0.2, 0.25) is 0 Å². The molecule has 0 radical (unpaired) electrons. The molecule has 90 valence electrons. The summed E-state index contributed by atoms with van der Waals surface area (Å²) in [6.07, 6.45) is 4.98. The highest BCUT2D eigenvalue weighted by Gasteiger charge is 2.11. The predicted octanol–water partition coefficient (Wildman–Crippen LogP) is 2.63. The summed E-state index contributed by atoms with van der Waals surface area (Å²) >= 11 is 0. The van der Waals surface area contributed by atoms with Crippen LogP contribution in [0.4, 0.5) is 5.69 Å². The molecule has 0 amide bonds. The van der Waals surface area contributed by atoms with Gasteiger partial charge < -0.3 is 15.3 Å². The summed E-state index contributed by atoms with van der Waals surface area (Å²) in [6, 6.07) is 5.89. The summed E-state index contributed by atoms with van der Waals surface area (Å²) in [6.45, 7) is 2.20. The smallest absolute Gasteiger partial charge is 0.0984 e. The number of hydrogen-bond donors (Lipinski definition) is 2. The second-order valence-corrected chi connectivity index (χ2v) is 4.02. The molecule has 3 heteroatoms. The lowest BCUT2D eigenvalue weighted by molar-refractivity contribution is 0.300. The molecular formula is C14H17NO2. The molecule has 0 saturated heterocycles. The number of para-hydroxylation sites is 1. The number of nitrogen functional groups attached to an aromatic ring is 1. The Morgan fingerprint density at radius 1 is 1.18 bits per heavy atom. The van der Waals surface area contributed by atoms with Crippen molar-refractivity contribution in [1.82, 2.24) is 0 Å². The van der Waals surface area contributed by atoms with Crippen LogP contribution in [-0.4, -0.2) is 11.7 Å². The van der Waals surface area contributed by atoms with E-state index in [1.807, 2.05) is 18.2 Å². The third kappa shape index (κ3) is 2.19. The van der Waals surface area contributed by atoms with E-state index in [1.54, 1.807) is 12.5 Å². The molecule has 0 aliphatic carbocycles. The van der Waals surface area contributed by atoms with E-state index in [4.69, 9.17) is 15.3 Å². The molecule has 3 N–H and O–H groups in total. The SMILES string of the molecule is CCc1cocc1-c1cccc(CCO)c1N. The maximum atomic E-state index is 8.99. The van der Waals surface area contributed by atoms with Gasteiger partial charge >= 0.3 is 0 Å². The number of aliphatic hydroxyl groups is 1. The zero-order chi connectivity index (χ0) is 12.3. The largest absolute Gasteiger partial charge is 0.472 e. The number of anilines is 1. The molecular weight excluding hydrogens is 214 g/mol.